The number of aryl methyl sites for hydroxylation is 1. The lowest BCUT2D eigenvalue weighted by atomic mass is 10.1. The fourth-order valence-electron chi connectivity index (χ4n) is 2.73. The largest absolute Gasteiger partial charge is 0.332 e. The number of pyridine rings is 1. The Morgan fingerprint density at radius 1 is 1.26 bits per heavy atom. The van der Waals surface area contributed by atoms with Crippen LogP contribution in [0.2, 0.25) is 5.15 Å². The first-order valence-corrected chi connectivity index (χ1v) is 10.0. The lowest BCUT2D eigenvalue weighted by Crippen LogP contribution is -1.88. The predicted octanol–water partition coefficient (Wildman–Crippen LogP) is 6.74. The second-order valence-corrected chi connectivity index (χ2v) is 7.14. The molecule has 0 atom stereocenters. The van der Waals surface area contributed by atoms with Gasteiger partial charge in [-0.25, -0.2) is 15.0 Å². The molecule has 0 amide bonds. The van der Waals surface area contributed by atoms with Crippen LogP contribution in [0.15, 0.2) is 49.4 Å². The van der Waals surface area contributed by atoms with Gasteiger partial charge in [0.1, 0.15) is 26.4 Å². The number of aromatic nitrogens is 4. The van der Waals surface area contributed by atoms with Crippen molar-refractivity contribution in [3.63, 3.8) is 0 Å². The van der Waals surface area contributed by atoms with E-state index in [4.69, 9.17) is 16.6 Å². The molecule has 3 rings (SSSR count). The Morgan fingerprint density at radius 3 is 2.63 bits per heavy atom. The normalized spacial score (nSPS) is 12.8. The van der Waals surface area contributed by atoms with Crippen LogP contribution in [0.5, 0.6) is 0 Å². The van der Waals surface area contributed by atoms with Gasteiger partial charge in [0.2, 0.25) is 0 Å². The summed E-state index contributed by atoms with van der Waals surface area (Å²) in [5, 5.41) is 1.39. The van der Waals surface area contributed by atoms with Crippen LogP contribution in [-0.4, -0.2) is 19.5 Å². The van der Waals surface area contributed by atoms with Crippen molar-refractivity contribution in [1.29, 1.82) is 0 Å². The predicted molar refractivity (Wildman–Crippen MR) is 119 cm³/mol. The molecule has 0 aromatic carbocycles. The van der Waals surface area contributed by atoms with Crippen LogP contribution >= 0.6 is 22.9 Å². The number of rotatable bonds is 5. The van der Waals surface area contributed by atoms with Crippen LogP contribution in [0.3, 0.4) is 0 Å². The van der Waals surface area contributed by atoms with E-state index in [2.05, 4.69) is 54.4 Å². The lowest BCUT2D eigenvalue weighted by Gasteiger charge is -2.03. The van der Waals surface area contributed by atoms with Crippen LogP contribution in [0.4, 0.5) is 0 Å². The molecule has 3 aromatic heterocycles. The van der Waals surface area contributed by atoms with E-state index in [1.165, 1.54) is 5.57 Å². The van der Waals surface area contributed by atoms with Crippen LogP contribution in [0.25, 0.3) is 27.0 Å². The highest BCUT2D eigenvalue weighted by atomic mass is 35.5. The number of fused-ring (bicyclic) bond motifs is 3. The Kier molecular flexibility index (Phi) is 7.51. The highest BCUT2D eigenvalue weighted by Gasteiger charge is 2.16. The fourth-order valence-corrected chi connectivity index (χ4v) is 3.99. The van der Waals surface area contributed by atoms with Crippen molar-refractivity contribution < 1.29 is 0 Å². The van der Waals surface area contributed by atoms with E-state index in [0.29, 0.717) is 10.7 Å². The van der Waals surface area contributed by atoms with Crippen molar-refractivity contribution in [2.45, 2.75) is 33.6 Å². The summed E-state index contributed by atoms with van der Waals surface area (Å²) in [5.41, 5.74) is 4.99. The Morgan fingerprint density at radius 2 is 2.00 bits per heavy atom. The molecule has 0 aliphatic rings. The van der Waals surface area contributed by atoms with E-state index < -0.39 is 0 Å². The number of allylic oxidation sites excluding steroid dienone is 6. The first-order valence-electron chi connectivity index (χ1n) is 8.83. The Balaban J connectivity index is 0.00000126. The van der Waals surface area contributed by atoms with Crippen LogP contribution in [0, 0.1) is 0 Å². The van der Waals surface area contributed by atoms with Crippen LogP contribution in [-0.2, 0) is 7.05 Å². The fraction of sp³-hybridized carbons (Fsp3) is 0.286. The van der Waals surface area contributed by atoms with E-state index in [-0.39, 0.29) is 0 Å². The molecule has 0 aliphatic carbocycles. The molecule has 4 nitrogen and oxygen atoms in total. The van der Waals surface area contributed by atoms with Gasteiger partial charge in [0.05, 0.1) is 6.33 Å². The molecular formula is C21H25ClN4S. The van der Waals surface area contributed by atoms with Gasteiger partial charge in [-0.1, -0.05) is 59.7 Å². The van der Waals surface area contributed by atoms with E-state index in [1.54, 1.807) is 17.7 Å². The van der Waals surface area contributed by atoms with Crippen molar-refractivity contribution in [3.8, 4) is 0 Å². The first kappa shape index (κ1) is 21.1. The minimum Gasteiger partial charge on any atom is -0.332 e. The number of nitrogens with zero attached hydrogens (tertiary/aromatic N) is 4. The zero-order valence-corrected chi connectivity index (χ0v) is 17.9. The molecule has 142 valence electrons. The smallest absolute Gasteiger partial charge is 0.158 e. The molecule has 0 saturated carbocycles. The van der Waals surface area contributed by atoms with Gasteiger partial charge in [-0.2, -0.15) is 0 Å². The van der Waals surface area contributed by atoms with Gasteiger partial charge < -0.3 is 4.57 Å². The second kappa shape index (κ2) is 9.62. The number of hydrogen-bond acceptors (Lipinski definition) is 4. The van der Waals surface area contributed by atoms with Crippen LogP contribution in [0.1, 0.15) is 38.6 Å². The molecule has 3 heterocycles. The highest BCUT2D eigenvalue weighted by Crippen LogP contribution is 2.34. The van der Waals surface area contributed by atoms with Gasteiger partial charge in [-0.3, -0.25) is 0 Å². The molecule has 27 heavy (non-hydrogen) atoms. The Hall–Kier alpha value is -2.24. The third kappa shape index (κ3) is 4.37. The molecule has 0 unspecified atom stereocenters. The van der Waals surface area contributed by atoms with Gasteiger partial charge in [0.25, 0.3) is 0 Å². The average molecular weight is 401 g/mol. The van der Waals surface area contributed by atoms with Gasteiger partial charge in [-0.05, 0) is 26.7 Å². The molecule has 0 spiro atoms. The number of thiazole rings is 1. The quantitative estimate of drug-likeness (QED) is 0.270. The minimum absolute atomic E-state index is 0.429. The highest BCUT2D eigenvalue weighted by molar-refractivity contribution is 7.19. The molecule has 0 aliphatic heterocycles. The van der Waals surface area contributed by atoms with Gasteiger partial charge >= 0.3 is 0 Å². The van der Waals surface area contributed by atoms with Gasteiger partial charge in [-0.15, -0.1) is 13.2 Å². The summed E-state index contributed by atoms with van der Waals surface area (Å²) in [6.45, 7) is 12.3. The minimum atomic E-state index is 0.429. The van der Waals surface area contributed by atoms with E-state index >= 15 is 0 Å². The van der Waals surface area contributed by atoms with Crippen LogP contribution < -0.4 is 0 Å². The summed E-state index contributed by atoms with van der Waals surface area (Å²) in [6.07, 6.45) is 12.3. The van der Waals surface area contributed by atoms with Crippen molar-refractivity contribution >= 4 is 49.9 Å². The Bertz CT molecular complexity index is 1020. The van der Waals surface area contributed by atoms with E-state index in [1.807, 2.05) is 25.5 Å². The summed E-state index contributed by atoms with van der Waals surface area (Å²) in [7, 11) is 1.95. The van der Waals surface area contributed by atoms with Gasteiger partial charge in [0.15, 0.2) is 5.15 Å². The lowest BCUT2D eigenvalue weighted by molar-refractivity contribution is 0.949. The molecule has 0 N–H and O–H groups in total. The molecule has 0 fully saturated rings. The SMILES string of the molecule is C/C=C/C/C(=C/C(=C\C)c1nc2c(nc(Cl)c3ncn(C)c32)s1)CC.C=C. The van der Waals surface area contributed by atoms with Gasteiger partial charge in [0, 0.05) is 12.6 Å². The summed E-state index contributed by atoms with van der Waals surface area (Å²) in [6, 6.07) is 0. The topological polar surface area (TPSA) is 43.6 Å². The third-order valence-corrected chi connectivity index (χ3v) is 5.42. The second-order valence-electron chi connectivity index (χ2n) is 5.80. The monoisotopic (exact) mass is 400 g/mol. The summed E-state index contributed by atoms with van der Waals surface area (Å²) in [4.78, 5) is 14.5. The summed E-state index contributed by atoms with van der Waals surface area (Å²) >= 11 is 7.86. The summed E-state index contributed by atoms with van der Waals surface area (Å²) < 4.78 is 1.95. The number of halogens is 1. The number of imidazole rings is 1. The standard InChI is InChI=1S/C19H21ClN4S.C2H4/c1-5-8-9-12(6-2)10-13(7-3)18-22-15-16-14(21-11-24(16)4)17(20)23-19(15)25-18;1-2/h5,7-8,10-11H,6,9H2,1-4H3;1-2H2/b8-5+,12-10+,13-7+;. The summed E-state index contributed by atoms with van der Waals surface area (Å²) in [5.74, 6) is 0. The van der Waals surface area contributed by atoms with Crippen molar-refractivity contribution in [1.82, 2.24) is 19.5 Å². The maximum atomic E-state index is 6.29. The van der Waals surface area contributed by atoms with Crippen molar-refractivity contribution in [2.24, 2.45) is 7.05 Å². The van der Waals surface area contributed by atoms with Crippen molar-refractivity contribution in [3.05, 3.63) is 59.5 Å². The first-order chi connectivity index (χ1) is 13.1. The molecule has 0 radical (unpaired) electrons. The number of hydrogen-bond donors (Lipinski definition) is 0. The molecule has 0 bridgehead atoms. The average Bonchev–Trinajstić information content (AvgIpc) is 3.27. The molecule has 3 aromatic rings. The van der Waals surface area contributed by atoms with E-state index in [9.17, 15) is 0 Å². The zero-order chi connectivity index (χ0) is 20.0. The maximum Gasteiger partial charge on any atom is 0.158 e. The Labute approximate surface area is 169 Å². The third-order valence-electron chi connectivity index (χ3n) is 4.15. The van der Waals surface area contributed by atoms with E-state index in [0.717, 1.165) is 39.3 Å². The molecular weight excluding hydrogens is 376 g/mol. The van der Waals surface area contributed by atoms with Crippen molar-refractivity contribution in [2.75, 3.05) is 0 Å². The molecule has 6 heteroatoms. The zero-order valence-electron chi connectivity index (χ0n) is 16.3. The molecule has 0 saturated heterocycles. The maximum absolute atomic E-state index is 6.29.